The zero-order valence-corrected chi connectivity index (χ0v) is 9.93. The molecule has 0 amide bonds. The number of hydrogen-bond acceptors (Lipinski definition) is 2. The quantitative estimate of drug-likeness (QED) is 0.769. The van der Waals surface area contributed by atoms with Gasteiger partial charge in [0.15, 0.2) is 0 Å². The van der Waals surface area contributed by atoms with Gasteiger partial charge in [-0.3, -0.25) is 0 Å². The van der Waals surface area contributed by atoms with Gasteiger partial charge in [0.1, 0.15) is 0 Å². The number of aromatic nitrogens is 2. The number of benzene rings is 1. The zero-order valence-electron chi connectivity index (χ0n) is 7.09. The second kappa shape index (κ2) is 5.20. The maximum atomic E-state index is 4.00. The molecule has 1 aromatic carbocycles. The van der Waals surface area contributed by atoms with Crippen LogP contribution in [0.1, 0.15) is 0 Å². The van der Waals surface area contributed by atoms with E-state index in [-0.39, 0.29) is 32.7 Å². The van der Waals surface area contributed by atoms with Gasteiger partial charge in [-0.05, 0) is 12.1 Å². The van der Waals surface area contributed by atoms with E-state index in [0.29, 0.717) is 0 Å². The Morgan fingerprint density at radius 2 is 1.62 bits per heavy atom. The van der Waals surface area contributed by atoms with Crippen LogP contribution in [0.4, 0.5) is 0 Å². The molecule has 0 fully saturated rings. The van der Waals surface area contributed by atoms with E-state index in [9.17, 15) is 0 Å². The van der Waals surface area contributed by atoms with Crippen LogP contribution in [0.5, 0.6) is 0 Å². The summed E-state index contributed by atoms with van der Waals surface area (Å²) in [6.45, 7) is 0. The monoisotopic (exact) mass is 245 g/mol. The van der Waals surface area contributed by atoms with Crippen LogP contribution in [0.15, 0.2) is 48.7 Å². The summed E-state index contributed by atoms with van der Waals surface area (Å²) < 4.78 is 0. The Morgan fingerprint density at radius 1 is 0.846 bits per heavy atom. The third-order valence-corrected chi connectivity index (χ3v) is 1.64. The van der Waals surface area contributed by atoms with Crippen LogP contribution in [0, 0.1) is 0 Å². The molecule has 1 heterocycles. The molecule has 0 atom stereocenters. The molecular formula is C10H8N2Y. The van der Waals surface area contributed by atoms with E-state index in [1.165, 1.54) is 0 Å². The van der Waals surface area contributed by atoms with Crippen molar-refractivity contribution in [1.29, 1.82) is 0 Å². The van der Waals surface area contributed by atoms with E-state index < -0.39 is 0 Å². The second-order valence-corrected chi connectivity index (χ2v) is 2.47. The maximum absolute atomic E-state index is 4.00. The van der Waals surface area contributed by atoms with Gasteiger partial charge in [-0.2, -0.15) is 10.2 Å². The van der Waals surface area contributed by atoms with Crippen LogP contribution in [0.25, 0.3) is 11.3 Å². The summed E-state index contributed by atoms with van der Waals surface area (Å²) in [7, 11) is 0. The fourth-order valence-corrected chi connectivity index (χ4v) is 1.06. The Morgan fingerprint density at radius 3 is 2.23 bits per heavy atom. The van der Waals surface area contributed by atoms with E-state index in [2.05, 4.69) is 10.2 Å². The van der Waals surface area contributed by atoms with Crippen molar-refractivity contribution < 1.29 is 32.7 Å². The minimum absolute atomic E-state index is 0. The van der Waals surface area contributed by atoms with Gasteiger partial charge in [-0.1, -0.05) is 30.3 Å². The predicted molar refractivity (Wildman–Crippen MR) is 47.5 cm³/mol. The van der Waals surface area contributed by atoms with E-state index in [1.54, 1.807) is 6.20 Å². The molecule has 2 aromatic rings. The molecule has 0 saturated carbocycles. The van der Waals surface area contributed by atoms with E-state index >= 15 is 0 Å². The van der Waals surface area contributed by atoms with Gasteiger partial charge in [-0.25, -0.2) is 0 Å². The van der Waals surface area contributed by atoms with Crippen molar-refractivity contribution in [3.8, 4) is 11.3 Å². The summed E-state index contributed by atoms with van der Waals surface area (Å²) in [5.74, 6) is 0. The van der Waals surface area contributed by atoms with Gasteiger partial charge >= 0.3 is 0 Å². The molecule has 2 nitrogen and oxygen atoms in total. The van der Waals surface area contributed by atoms with Crippen LogP contribution >= 0.6 is 0 Å². The minimum atomic E-state index is 0. The molecule has 0 saturated heterocycles. The molecule has 0 aliphatic rings. The third kappa shape index (κ3) is 2.68. The Balaban J connectivity index is 0.000000845. The van der Waals surface area contributed by atoms with Crippen LogP contribution in [-0.4, -0.2) is 10.2 Å². The van der Waals surface area contributed by atoms with Gasteiger partial charge in [0.05, 0.1) is 5.69 Å². The molecule has 13 heavy (non-hydrogen) atoms. The molecule has 0 aliphatic heterocycles. The molecule has 0 spiro atoms. The van der Waals surface area contributed by atoms with Gasteiger partial charge in [0, 0.05) is 44.5 Å². The SMILES string of the molecule is [Y].c1ccc(-c2cccnn2)cc1. The van der Waals surface area contributed by atoms with Crippen molar-refractivity contribution in [3.05, 3.63) is 48.7 Å². The first-order chi connectivity index (χ1) is 5.97. The van der Waals surface area contributed by atoms with Gasteiger partial charge in [-0.15, -0.1) is 0 Å². The number of nitrogens with zero attached hydrogens (tertiary/aromatic N) is 2. The zero-order chi connectivity index (χ0) is 8.23. The molecule has 61 valence electrons. The first-order valence-electron chi connectivity index (χ1n) is 3.80. The first-order valence-corrected chi connectivity index (χ1v) is 3.80. The summed E-state index contributed by atoms with van der Waals surface area (Å²) in [5.41, 5.74) is 2.02. The molecule has 0 bridgehead atoms. The average molecular weight is 245 g/mol. The topological polar surface area (TPSA) is 25.8 Å². The van der Waals surface area contributed by atoms with E-state index in [4.69, 9.17) is 0 Å². The van der Waals surface area contributed by atoms with Crippen molar-refractivity contribution in [2.45, 2.75) is 0 Å². The largest absolute Gasteiger partial charge is 0.159 e. The molecule has 1 aromatic heterocycles. The van der Waals surface area contributed by atoms with Crippen LogP contribution in [0.2, 0.25) is 0 Å². The van der Waals surface area contributed by atoms with E-state index in [0.717, 1.165) is 11.3 Å². The van der Waals surface area contributed by atoms with Crippen molar-refractivity contribution in [2.75, 3.05) is 0 Å². The van der Waals surface area contributed by atoms with Crippen molar-refractivity contribution >= 4 is 0 Å². The first kappa shape index (κ1) is 10.5. The minimum Gasteiger partial charge on any atom is -0.159 e. The normalized spacial score (nSPS) is 8.92. The summed E-state index contributed by atoms with van der Waals surface area (Å²) in [5, 5.41) is 7.81. The summed E-state index contributed by atoms with van der Waals surface area (Å²) >= 11 is 0. The van der Waals surface area contributed by atoms with E-state index in [1.807, 2.05) is 42.5 Å². The van der Waals surface area contributed by atoms with Gasteiger partial charge < -0.3 is 0 Å². The Hall–Kier alpha value is -0.596. The Bertz CT molecular complexity index is 310. The second-order valence-electron chi connectivity index (χ2n) is 2.47. The molecule has 1 radical (unpaired) electrons. The maximum Gasteiger partial charge on any atom is 0.0929 e. The molecule has 3 heteroatoms. The fraction of sp³-hybridized carbons (Fsp3) is 0. The van der Waals surface area contributed by atoms with Crippen molar-refractivity contribution in [2.24, 2.45) is 0 Å². The standard InChI is InChI=1S/C10H8N2.Y/c1-2-5-9(6-3-1)10-7-4-8-11-12-10;/h1-8H;. The summed E-state index contributed by atoms with van der Waals surface area (Å²) in [6.07, 6.45) is 1.67. The Labute approximate surface area is 102 Å². The number of rotatable bonds is 1. The molecule has 2 rings (SSSR count). The smallest absolute Gasteiger partial charge is 0.0929 e. The molecule has 0 aliphatic carbocycles. The fourth-order valence-electron chi connectivity index (χ4n) is 1.06. The summed E-state index contributed by atoms with van der Waals surface area (Å²) in [4.78, 5) is 0. The van der Waals surface area contributed by atoms with Crippen LogP contribution in [-0.2, 0) is 32.7 Å². The molecule has 0 N–H and O–H groups in total. The number of hydrogen-bond donors (Lipinski definition) is 0. The van der Waals surface area contributed by atoms with Crippen molar-refractivity contribution in [3.63, 3.8) is 0 Å². The third-order valence-electron chi connectivity index (χ3n) is 1.64. The van der Waals surface area contributed by atoms with Crippen LogP contribution in [0.3, 0.4) is 0 Å². The van der Waals surface area contributed by atoms with Gasteiger partial charge in [0.25, 0.3) is 0 Å². The van der Waals surface area contributed by atoms with Crippen LogP contribution < -0.4 is 0 Å². The Kier molecular flexibility index (Phi) is 4.20. The molecular weight excluding hydrogens is 237 g/mol. The summed E-state index contributed by atoms with van der Waals surface area (Å²) in [6, 6.07) is 13.8. The average Bonchev–Trinajstić information content (AvgIpc) is 2.21. The predicted octanol–water partition coefficient (Wildman–Crippen LogP) is 2.14. The van der Waals surface area contributed by atoms with Crippen molar-refractivity contribution in [1.82, 2.24) is 10.2 Å². The van der Waals surface area contributed by atoms with Gasteiger partial charge in [0.2, 0.25) is 0 Å². The molecule has 0 unspecified atom stereocenters.